The van der Waals surface area contributed by atoms with E-state index in [2.05, 4.69) is 20.9 Å². The normalized spacial score (nSPS) is 10.2. The molecule has 0 aliphatic heterocycles. The van der Waals surface area contributed by atoms with Crippen molar-refractivity contribution in [3.05, 3.63) is 21.9 Å². The van der Waals surface area contributed by atoms with Crippen molar-refractivity contribution in [1.29, 1.82) is 5.26 Å². The van der Waals surface area contributed by atoms with E-state index >= 15 is 0 Å². The van der Waals surface area contributed by atoms with Gasteiger partial charge in [0, 0.05) is 6.20 Å². The monoisotopic (exact) mass is 261 g/mol. The first-order valence-electron chi connectivity index (χ1n) is 3.65. The summed E-state index contributed by atoms with van der Waals surface area (Å²) in [6, 6.07) is 1.87. The summed E-state index contributed by atoms with van der Waals surface area (Å²) in [5.41, 5.74) is 5.43. The number of pyridine rings is 1. The van der Waals surface area contributed by atoms with Gasteiger partial charge in [0.15, 0.2) is 0 Å². The molecule has 1 aromatic rings. The van der Waals surface area contributed by atoms with E-state index in [4.69, 9.17) is 11.0 Å². The van der Waals surface area contributed by atoms with Gasteiger partial charge in [0.25, 0.3) is 6.43 Å². The molecule has 0 spiro atoms. The molecule has 74 valence electrons. The lowest BCUT2D eigenvalue weighted by molar-refractivity contribution is 0.151. The van der Waals surface area contributed by atoms with Gasteiger partial charge in [-0.25, -0.2) is 8.78 Å². The molecule has 6 heteroatoms. The van der Waals surface area contributed by atoms with Crippen LogP contribution in [0.2, 0.25) is 0 Å². The van der Waals surface area contributed by atoms with Gasteiger partial charge < -0.3 is 5.73 Å². The Morgan fingerprint density at radius 2 is 2.29 bits per heavy atom. The maximum Gasteiger partial charge on any atom is 0.267 e. The molecule has 0 aromatic carbocycles. The highest BCUT2D eigenvalue weighted by Crippen LogP contribution is 2.31. The van der Waals surface area contributed by atoms with E-state index < -0.39 is 6.43 Å². The molecule has 0 aliphatic carbocycles. The Kier molecular flexibility index (Phi) is 3.36. The summed E-state index contributed by atoms with van der Waals surface area (Å²) >= 11 is 3.03. The quantitative estimate of drug-likeness (QED) is 0.890. The molecular weight excluding hydrogens is 256 g/mol. The molecule has 3 nitrogen and oxygen atoms in total. The molecule has 0 unspecified atom stereocenters. The first-order chi connectivity index (χ1) is 6.57. The molecule has 0 fully saturated rings. The molecule has 1 rings (SSSR count). The van der Waals surface area contributed by atoms with Crippen LogP contribution in [0, 0.1) is 11.3 Å². The summed E-state index contributed by atoms with van der Waals surface area (Å²) in [5, 5.41) is 8.41. The van der Waals surface area contributed by atoms with Gasteiger partial charge in [-0.15, -0.1) is 0 Å². The zero-order chi connectivity index (χ0) is 10.7. The summed E-state index contributed by atoms with van der Waals surface area (Å²) < 4.78 is 24.9. The van der Waals surface area contributed by atoms with E-state index in [0.29, 0.717) is 5.69 Å². The number of alkyl halides is 2. The van der Waals surface area contributed by atoms with Crippen LogP contribution in [0.1, 0.15) is 17.7 Å². The van der Waals surface area contributed by atoms with Crippen molar-refractivity contribution in [2.45, 2.75) is 12.8 Å². The Morgan fingerprint density at radius 3 is 2.79 bits per heavy atom. The van der Waals surface area contributed by atoms with Crippen molar-refractivity contribution >= 4 is 21.6 Å². The van der Waals surface area contributed by atoms with Crippen LogP contribution in [-0.2, 0) is 6.42 Å². The van der Waals surface area contributed by atoms with Crippen molar-refractivity contribution in [1.82, 2.24) is 4.98 Å². The van der Waals surface area contributed by atoms with E-state index in [0.717, 1.165) is 6.20 Å². The van der Waals surface area contributed by atoms with Gasteiger partial charge in [0.05, 0.1) is 33.9 Å². The third-order valence-electron chi connectivity index (χ3n) is 1.64. The van der Waals surface area contributed by atoms with Gasteiger partial charge in [-0.2, -0.15) is 5.26 Å². The average molecular weight is 262 g/mol. The Hall–Kier alpha value is -1.22. The highest BCUT2D eigenvalue weighted by atomic mass is 79.9. The minimum absolute atomic E-state index is 0.0360. The largest absolute Gasteiger partial charge is 0.397 e. The van der Waals surface area contributed by atoms with Crippen molar-refractivity contribution in [3.63, 3.8) is 0 Å². The molecule has 0 aliphatic rings. The minimum Gasteiger partial charge on any atom is -0.397 e. The predicted octanol–water partition coefficient (Wildman–Crippen LogP) is 2.43. The number of nitriles is 1. The van der Waals surface area contributed by atoms with Crippen LogP contribution in [0.3, 0.4) is 0 Å². The molecule has 0 amide bonds. The van der Waals surface area contributed by atoms with Crippen molar-refractivity contribution < 1.29 is 8.78 Å². The number of nitrogens with zero attached hydrogens (tertiary/aromatic N) is 2. The topological polar surface area (TPSA) is 62.7 Å². The van der Waals surface area contributed by atoms with Gasteiger partial charge in [0.2, 0.25) is 0 Å². The van der Waals surface area contributed by atoms with Gasteiger partial charge in [-0.1, -0.05) is 0 Å². The number of hydrogen-bond donors (Lipinski definition) is 1. The second-order valence-corrected chi connectivity index (χ2v) is 3.32. The van der Waals surface area contributed by atoms with Crippen LogP contribution in [0.4, 0.5) is 14.5 Å². The maximum atomic E-state index is 12.3. The highest BCUT2D eigenvalue weighted by molar-refractivity contribution is 9.10. The first kappa shape index (κ1) is 10.9. The van der Waals surface area contributed by atoms with Crippen LogP contribution in [0.5, 0.6) is 0 Å². The molecule has 0 saturated heterocycles. The zero-order valence-corrected chi connectivity index (χ0v) is 8.55. The molecule has 0 saturated carbocycles. The molecule has 1 heterocycles. The van der Waals surface area contributed by atoms with E-state index in [-0.39, 0.29) is 22.1 Å². The fourth-order valence-electron chi connectivity index (χ4n) is 0.928. The van der Waals surface area contributed by atoms with Crippen LogP contribution in [0.15, 0.2) is 10.7 Å². The number of nitrogens with two attached hydrogens (primary N) is 1. The van der Waals surface area contributed by atoms with E-state index in [1.165, 1.54) is 0 Å². The molecule has 0 bridgehead atoms. The molecule has 2 N–H and O–H groups in total. The number of rotatable bonds is 2. The zero-order valence-electron chi connectivity index (χ0n) is 6.97. The number of halogens is 3. The summed E-state index contributed by atoms with van der Waals surface area (Å²) in [5.74, 6) is 0. The van der Waals surface area contributed by atoms with Gasteiger partial charge in [-0.3, -0.25) is 4.98 Å². The summed E-state index contributed by atoms with van der Waals surface area (Å²) in [6.07, 6.45) is -1.62. The fourth-order valence-corrected chi connectivity index (χ4v) is 1.40. The Labute approximate surface area is 87.7 Å². The number of nitrogen functional groups attached to an aromatic ring is 1. The lowest BCUT2D eigenvalue weighted by Crippen LogP contribution is -2.01. The van der Waals surface area contributed by atoms with Crippen molar-refractivity contribution in [3.8, 4) is 6.07 Å². The van der Waals surface area contributed by atoms with Gasteiger partial charge in [0.1, 0.15) is 0 Å². The Bertz CT molecular complexity index is 387. The minimum atomic E-state index is -2.66. The molecular formula is C8H6BrF2N3. The number of hydrogen-bond acceptors (Lipinski definition) is 3. The third kappa shape index (κ3) is 1.99. The lowest BCUT2D eigenvalue weighted by Gasteiger charge is -2.08. The first-order valence-corrected chi connectivity index (χ1v) is 4.45. The highest BCUT2D eigenvalue weighted by Gasteiger charge is 2.16. The van der Waals surface area contributed by atoms with Gasteiger partial charge >= 0.3 is 0 Å². The second-order valence-electron chi connectivity index (χ2n) is 2.52. The van der Waals surface area contributed by atoms with Crippen LogP contribution < -0.4 is 5.73 Å². The SMILES string of the molecule is N#CCc1ncc(C(F)F)c(N)c1Br. The second kappa shape index (κ2) is 4.33. The third-order valence-corrected chi connectivity index (χ3v) is 2.53. The Balaban J connectivity index is 3.20. The molecule has 1 aromatic heterocycles. The van der Waals surface area contributed by atoms with Crippen LogP contribution >= 0.6 is 15.9 Å². The van der Waals surface area contributed by atoms with Gasteiger partial charge in [-0.05, 0) is 15.9 Å². The van der Waals surface area contributed by atoms with Crippen LogP contribution in [-0.4, -0.2) is 4.98 Å². The molecule has 14 heavy (non-hydrogen) atoms. The number of aromatic nitrogens is 1. The lowest BCUT2D eigenvalue weighted by atomic mass is 10.2. The summed E-state index contributed by atoms with van der Waals surface area (Å²) in [4.78, 5) is 3.72. The van der Waals surface area contributed by atoms with Crippen LogP contribution in [0.25, 0.3) is 0 Å². The maximum absolute atomic E-state index is 12.3. The standard InChI is InChI=1S/C8H6BrF2N3/c9-6-5(1-2-12)14-3-4(7(6)13)8(10)11/h3,8H,1H2,(H2,13,14). The average Bonchev–Trinajstić information content (AvgIpc) is 2.13. The molecule has 0 radical (unpaired) electrons. The van der Waals surface area contributed by atoms with Crippen molar-refractivity contribution in [2.24, 2.45) is 0 Å². The predicted molar refractivity (Wildman–Crippen MR) is 50.6 cm³/mol. The smallest absolute Gasteiger partial charge is 0.267 e. The summed E-state index contributed by atoms with van der Waals surface area (Å²) in [7, 11) is 0. The van der Waals surface area contributed by atoms with E-state index in [1.807, 2.05) is 6.07 Å². The fraction of sp³-hybridized carbons (Fsp3) is 0.250. The van der Waals surface area contributed by atoms with E-state index in [9.17, 15) is 8.78 Å². The van der Waals surface area contributed by atoms with Crippen molar-refractivity contribution in [2.75, 3.05) is 5.73 Å². The molecule has 0 atom stereocenters. The summed E-state index contributed by atoms with van der Waals surface area (Å²) in [6.45, 7) is 0. The number of anilines is 1. The Morgan fingerprint density at radius 1 is 1.64 bits per heavy atom. The van der Waals surface area contributed by atoms with E-state index in [1.54, 1.807) is 0 Å².